The van der Waals surface area contributed by atoms with Crippen molar-refractivity contribution in [2.45, 2.75) is 13.3 Å². The smallest absolute Gasteiger partial charge is 0.356 e. The average Bonchev–Trinajstić information content (AvgIpc) is 2.18. The van der Waals surface area contributed by atoms with Gasteiger partial charge in [-0.1, -0.05) is 31.2 Å². The fraction of sp³-hybridized carbons (Fsp3) is 0.200. The number of rotatable bonds is 4. The van der Waals surface area contributed by atoms with Crippen LogP contribution in [0.2, 0.25) is 0 Å². The summed E-state index contributed by atoms with van der Waals surface area (Å²) in [6, 6.07) is 7.81. The Labute approximate surface area is 85.9 Å². The summed E-state index contributed by atoms with van der Waals surface area (Å²) in [5.41, 5.74) is 2.18. The molecule has 0 amide bonds. The minimum atomic E-state index is -2.23. The molecule has 14 heavy (non-hydrogen) atoms. The Balaban J connectivity index is 2.75. The molecule has 0 saturated heterocycles. The normalized spacial score (nSPS) is 13.0. The predicted molar refractivity (Wildman–Crippen MR) is 56.7 cm³/mol. The van der Waals surface area contributed by atoms with Crippen molar-refractivity contribution in [3.05, 3.63) is 41.7 Å². The van der Waals surface area contributed by atoms with Gasteiger partial charge >= 0.3 is 11.4 Å². The minimum absolute atomic E-state index is 0.919. The molecule has 0 aliphatic rings. The van der Waals surface area contributed by atoms with Gasteiger partial charge in [0.1, 0.15) is 6.26 Å². The summed E-state index contributed by atoms with van der Waals surface area (Å²) in [6.45, 7) is 2.05. The molecule has 0 heterocycles. The van der Waals surface area contributed by atoms with Gasteiger partial charge in [-0.05, 0) is 23.6 Å². The van der Waals surface area contributed by atoms with E-state index in [2.05, 4.69) is 11.1 Å². The van der Waals surface area contributed by atoms with Gasteiger partial charge in [0.2, 0.25) is 0 Å². The van der Waals surface area contributed by atoms with E-state index in [1.165, 1.54) is 11.8 Å². The molecule has 0 aliphatic heterocycles. The lowest BCUT2D eigenvalue weighted by Gasteiger charge is -2.01. The molecule has 3 nitrogen and oxygen atoms in total. The fourth-order valence-corrected chi connectivity index (χ4v) is 1.32. The van der Waals surface area contributed by atoms with Crippen molar-refractivity contribution in [1.82, 2.24) is 0 Å². The van der Waals surface area contributed by atoms with E-state index in [1.807, 2.05) is 24.3 Å². The molecule has 76 valence electrons. The summed E-state index contributed by atoms with van der Waals surface area (Å²) in [6.07, 6.45) is 3.82. The van der Waals surface area contributed by atoms with Gasteiger partial charge in [-0.2, -0.15) is 4.21 Å². The lowest BCUT2D eigenvalue weighted by atomic mass is 10.1. The van der Waals surface area contributed by atoms with Crippen LogP contribution in [0.15, 0.2) is 30.5 Å². The van der Waals surface area contributed by atoms with E-state index < -0.39 is 11.4 Å². The molecule has 0 bridgehead atoms. The van der Waals surface area contributed by atoms with Crippen molar-refractivity contribution in [1.29, 1.82) is 0 Å². The van der Waals surface area contributed by atoms with E-state index in [0.717, 1.165) is 12.0 Å². The van der Waals surface area contributed by atoms with Crippen molar-refractivity contribution in [3.8, 4) is 0 Å². The van der Waals surface area contributed by atoms with E-state index in [-0.39, 0.29) is 0 Å². The number of hydrogen-bond donors (Lipinski definition) is 1. The molecule has 1 aromatic carbocycles. The molecule has 4 heteroatoms. The average molecular weight is 212 g/mol. The van der Waals surface area contributed by atoms with Crippen molar-refractivity contribution in [2.24, 2.45) is 0 Å². The maximum absolute atomic E-state index is 10.2. The van der Waals surface area contributed by atoms with Gasteiger partial charge in [0.15, 0.2) is 0 Å². The van der Waals surface area contributed by atoms with Crippen LogP contribution in [-0.4, -0.2) is 8.76 Å². The van der Waals surface area contributed by atoms with Crippen molar-refractivity contribution >= 4 is 17.4 Å². The Hall–Kier alpha value is -1.13. The van der Waals surface area contributed by atoms with E-state index in [1.54, 1.807) is 6.08 Å². The van der Waals surface area contributed by atoms with Gasteiger partial charge in [-0.3, -0.25) is 4.55 Å². The second-order valence-electron chi connectivity index (χ2n) is 2.67. The molecule has 1 atom stereocenters. The van der Waals surface area contributed by atoms with Gasteiger partial charge in [0.25, 0.3) is 0 Å². The van der Waals surface area contributed by atoms with Crippen LogP contribution in [0.3, 0.4) is 0 Å². The molecular formula is C10H12O3S. The molecular weight excluding hydrogens is 200 g/mol. The Morgan fingerprint density at radius 3 is 2.86 bits per heavy atom. The summed E-state index contributed by atoms with van der Waals surface area (Å²) >= 11 is -2.23. The topological polar surface area (TPSA) is 46.5 Å². The molecule has 0 spiro atoms. The van der Waals surface area contributed by atoms with Crippen molar-refractivity contribution < 1.29 is 12.9 Å². The van der Waals surface area contributed by atoms with Crippen molar-refractivity contribution in [3.63, 3.8) is 0 Å². The quantitative estimate of drug-likeness (QED) is 0.615. The van der Waals surface area contributed by atoms with E-state index >= 15 is 0 Å². The maximum atomic E-state index is 10.2. The third kappa shape index (κ3) is 3.32. The molecule has 0 fully saturated rings. The number of aryl methyl sites for hydroxylation is 1. The first-order valence-corrected chi connectivity index (χ1v) is 5.29. The van der Waals surface area contributed by atoms with Crippen LogP contribution >= 0.6 is 0 Å². The second-order valence-corrected chi connectivity index (χ2v) is 3.30. The molecule has 0 aromatic heterocycles. The third-order valence-electron chi connectivity index (χ3n) is 1.82. The molecule has 0 saturated carbocycles. The summed E-state index contributed by atoms with van der Waals surface area (Å²) in [5, 5.41) is 0. The Kier molecular flexibility index (Phi) is 4.35. The highest BCUT2D eigenvalue weighted by atomic mass is 32.2. The van der Waals surface area contributed by atoms with Gasteiger partial charge in [0, 0.05) is 0 Å². The van der Waals surface area contributed by atoms with Crippen LogP contribution in [0.1, 0.15) is 18.1 Å². The van der Waals surface area contributed by atoms with Crippen LogP contribution in [0.25, 0.3) is 6.08 Å². The lowest BCUT2D eigenvalue weighted by molar-refractivity contribution is 0.422. The van der Waals surface area contributed by atoms with Crippen LogP contribution < -0.4 is 0 Å². The van der Waals surface area contributed by atoms with Crippen LogP contribution in [0, 0.1) is 0 Å². The predicted octanol–water partition coefficient (Wildman–Crippen LogP) is 2.37. The Morgan fingerprint density at radius 1 is 1.50 bits per heavy atom. The van der Waals surface area contributed by atoms with Crippen LogP contribution in [0.5, 0.6) is 0 Å². The minimum Gasteiger partial charge on any atom is -0.388 e. The molecule has 0 aliphatic carbocycles. The second kappa shape index (κ2) is 5.57. The summed E-state index contributed by atoms with van der Waals surface area (Å²) < 4.78 is 22.9. The highest BCUT2D eigenvalue weighted by molar-refractivity contribution is 7.74. The monoisotopic (exact) mass is 212 g/mol. The van der Waals surface area contributed by atoms with Crippen molar-refractivity contribution in [2.75, 3.05) is 0 Å². The van der Waals surface area contributed by atoms with E-state index in [0.29, 0.717) is 0 Å². The third-order valence-corrected chi connectivity index (χ3v) is 2.10. The SMILES string of the molecule is CCc1ccccc1C=COS(=O)O. The largest absolute Gasteiger partial charge is 0.388 e. The van der Waals surface area contributed by atoms with Gasteiger partial charge < -0.3 is 4.18 Å². The first-order chi connectivity index (χ1) is 6.74. The van der Waals surface area contributed by atoms with Crippen LogP contribution in [0.4, 0.5) is 0 Å². The molecule has 1 N–H and O–H groups in total. The zero-order chi connectivity index (χ0) is 10.4. The van der Waals surface area contributed by atoms with E-state index in [9.17, 15) is 4.21 Å². The molecule has 1 rings (SSSR count). The fourth-order valence-electron chi connectivity index (χ4n) is 1.17. The molecule has 1 unspecified atom stereocenters. The highest BCUT2D eigenvalue weighted by Gasteiger charge is 1.95. The maximum Gasteiger partial charge on any atom is 0.356 e. The first-order valence-electron chi connectivity index (χ1n) is 4.26. The first kappa shape index (κ1) is 10.9. The standard InChI is InChI=1S/C10H12O3S/c1-2-9-5-3-4-6-10(9)7-8-13-14(11)12/h3-8H,2H2,1H3,(H,11,12). The van der Waals surface area contributed by atoms with Gasteiger partial charge in [0.05, 0.1) is 0 Å². The highest BCUT2D eigenvalue weighted by Crippen LogP contribution is 2.11. The summed E-state index contributed by atoms with van der Waals surface area (Å²) in [5.74, 6) is 0. The Bertz CT molecular complexity index is 347. The van der Waals surface area contributed by atoms with Gasteiger partial charge in [-0.25, -0.2) is 0 Å². The zero-order valence-electron chi connectivity index (χ0n) is 7.84. The van der Waals surface area contributed by atoms with Crippen LogP contribution in [-0.2, 0) is 22.0 Å². The zero-order valence-corrected chi connectivity index (χ0v) is 8.66. The number of benzene rings is 1. The molecule has 1 aromatic rings. The number of hydrogen-bond acceptors (Lipinski definition) is 2. The Morgan fingerprint density at radius 2 is 2.21 bits per heavy atom. The summed E-state index contributed by atoms with van der Waals surface area (Å²) in [4.78, 5) is 0. The summed E-state index contributed by atoms with van der Waals surface area (Å²) in [7, 11) is 0. The van der Waals surface area contributed by atoms with Gasteiger partial charge in [-0.15, -0.1) is 0 Å². The van der Waals surface area contributed by atoms with E-state index in [4.69, 9.17) is 4.55 Å². The molecule has 0 radical (unpaired) electrons. The lowest BCUT2D eigenvalue weighted by Crippen LogP contribution is -1.87.